The molecule has 2 aliphatic heterocycles. The van der Waals surface area contributed by atoms with Crippen molar-refractivity contribution in [2.24, 2.45) is 0 Å². The Morgan fingerprint density at radius 1 is 1.00 bits per heavy atom. The standard InChI is InChI=1S/C27H27Cl2N5O3/c1-15-10-11-32(15)27-31-23-14-33(25(36)18-6-9-21(28)22(29)13-18)16(2)12-20(23)26(37)34(27)19-7-4-17(5-8-19)24(35)30-3/h4-9,13,15-16H,10-12,14H2,1-3H3,(H,30,35)/t15-,16+/m0/s1. The van der Waals surface area contributed by atoms with E-state index in [-0.39, 0.29) is 36.0 Å². The van der Waals surface area contributed by atoms with E-state index in [1.807, 2.05) is 6.92 Å². The molecule has 0 spiro atoms. The summed E-state index contributed by atoms with van der Waals surface area (Å²) in [6.07, 6.45) is 1.38. The Hall–Kier alpha value is -3.36. The van der Waals surface area contributed by atoms with Crippen molar-refractivity contribution in [1.82, 2.24) is 19.8 Å². The van der Waals surface area contributed by atoms with Crippen LogP contribution < -0.4 is 15.8 Å². The molecular formula is C27H27Cl2N5O3. The number of benzene rings is 2. The van der Waals surface area contributed by atoms with Crippen LogP contribution in [0, 0.1) is 0 Å². The largest absolute Gasteiger partial charge is 0.355 e. The number of nitrogens with one attached hydrogen (secondary N) is 1. The van der Waals surface area contributed by atoms with Gasteiger partial charge in [0.1, 0.15) is 0 Å². The molecule has 1 fully saturated rings. The number of hydrogen-bond donors (Lipinski definition) is 1. The minimum atomic E-state index is -0.221. The fraction of sp³-hybridized carbons (Fsp3) is 0.333. The quantitative estimate of drug-likeness (QED) is 0.539. The second kappa shape index (κ2) is 9.84. The van der Waals surface area contributed by atoms with Crippen LogP contribution in [0.15, 0.2) is 47.3 Å². The second-order valence-corrected chi connectivity index (χ2v) is 10.4. The van der Waals surface area contributed by atoms with Gasteiger partial charge in [-0.3, -0.25) is 14.4 Å². The third kappa shape index (κ3) is 4.49. The Bertz CT molecular complexity index is 1450. The Morgan fingerprint density at radius 2 is 1.70 bits per heavy atom. The van der Waals surface area contributed by atoms with Crippen molar-refractivity contribution >= 4 is 41.0 Å². The third-order valence-corrected chi connectivity index (χ3v) is 7.95. The number of halogens is 2. The Balaban J connectivity index is 1.57. The number of nitrogens with zero attached hydrogens (tertiary/aromatic N) is 4. The molecule has 0 aliphatic carbocycles. The number of fused-ring (bicyclic) bond motifs is 1. The number of aromatic nitrogens is 2. The summed E-state index contributed by atoms with van der Waals surface area (Å²) in [6.45, 7) is 5.02. The van der Waals surface area contributed by atoms with Gasteiger partial charge in [-0.25, -0.2) is 9.55 Å². The van der Waals surface area contributed by atoms with E-state index in [9.17, 15) is 14.4 Å². The lowest BCUT2D eigenvalue weighted by Gasteiger charge is -2.41. The molecular weight excluding hydrogens is 513 g/mol. The SMILES string of the molecule is CNC(=O)c1ccc(-n2c(N3CC[C@@H]3C)nc3c(c2=O)C[C@@H](C)N(C(=O)c2ccc(Cl)c(Cl)c2)C3)cc1. The molecule has 1 N–H and O–H groups in total. The zero-order valence-electron chi connectivity index (χ0n) is 20.8. The minimum Gasteiger partial charge on any atom is -0.355 e. The normalized spacial score (nSPS) is 18.7. The molecule has 10 heteroatoms. The molecule has 2 amide bonds. The van der Waals surface area contributed by atoms with E-state index in [4.69, 9.17) is 28.2 Å². The van der Waals surface area contributed by atoms with Gasteiger partial charge in [0.25, 0.3) is 17.4 Å². The topological polar surface area (TPSA) is 87.5 Å². The summed E-state index contributed by atoms with van der Waals surface area (Å²) in [4.78, 5) is 48.1. The molecule has 1 aromatic heterocycles. The van der Waals surface area contributed by atoms with Gasteiger partial charge in [0.05, 0.1) is 28.0 Å². The number of amides is 2. The summed E-state index contributed by atoms with van der Waals surface area (Å²) in [6, 6.07) is 11.8. The molecule has 0 unspecified atom stereocenters. The molecule has 192 valence electrons. The van der Waals surface area contributed by atoms with Crippen LogP contribution in [0.1, 0.15) is 52.2 Å². The molecule has 37 heavy (non-hydrogen) atoms. The van der Waals surface area contributed by atoms with Crippen molar-refractivity contribution in [1.29, 1.82) is 0 Å². The summed E-state index contributed by atoms with van der Waals surface area (Å²) in [5.74, 6) is 0.164. The van der Waals surface area contributed by atoms with Gasteiger partial charge in [0, 0.05) is 42.4 Å². The van der Waals surface area contributed by atoms with Crippen LogP contribution in [-0.4, -0.2) is 51.9 Å². The lowest BCUT2D eigenvalue weighted by atomic mass is 9.98. The van der Waals surface area contributed by atoms with Crippen molar-refractivity contribution in [3.05, 3.63) is 85.2 Å². The summed E-state index contributed by atoms with van der Waals surface area (Å²) in [5.41, 5.74) is 2.63. The molecule has 2 aromatic carbocycles. The van der Waals surface area contributed by atoms with Crippen LogP contribution in [0.25, 0.3) is 5.69 Å². The van der Waals surface area contributed by atoms with E-state index in [1.54, 1.807) is 59.0 Å². The Labute approximate surface area is 224 Å². The number of carbonyl (C=O) groups excluding carboxylic acids is 2. The average molecular weight is 540 g/mol. The van der Waals surface area contributed by atoms with Gasteiger partial charge in [0.15, 0.2) is 0 Å². The van der Waals surface area contributed by atoms with E-state index in [2.05, 4.69) is 17.1 Å². The van der Waals surface area contributed by atoms with Gasteiger partial charge in [-0.1, -0.05) is 23.2 Å². The zero-order chi connectivity index (χ0) is 26.4. The maximum absolute atomic E-state index is 13.9. The van der Waals surface area contributed by atoms with Crippen LogP contribution in [0.2, 0.25) is 10.0 Å². The highest BCUT2D eigenvalue weighted by atomic mass is 35.5. The molecule has 2 aliphatic rings. The fourth-order valence-electron chi connectivity index (χ4n) is 4.86. The lowest BCUT2D eigenvalue weighted by Crippen LogP contribution is -2.51. The first-order valence-corrected chi connectivity index (χ1v) is 12.9. The molecule has 5 rings (SSSR count). The number of carbonyl (C=O) groups is 2. The van der Waals surface area contributed by atoms with Crippen molar-refractivity contribution in [3.63, 3.8) is 0 Å². The average Bonchev–Trinajstić information content (AvgIpc) is 2.89. The van der Waals surface area contributed by atoms with Crippen molar-refractivity contribution in [2.45, 2.75) is 45.3 Å². The van der Waals surface area contributed by atoms with Gasteiger partial charge in [0.2, 0.25) is 5.95 Å². The van der Waals surface area contributed by atoms with Crippen LogP contribution in [0.4, 0.5) is 5.95 Å². The molecule has 8 nitrogen and oxygen atoms in total. The first-order valence-electron chi connectivity index (χ1n) is 12.2. The summed E-state index contributed by atoms with van der Waals surface area (Å²) in [7, 11) is 1.58. The highest BCUT2D eigenvalue weighted by Gasteiger charge is 2.35. The predicted octanol–water partition coefficient (Wildman–Crippen LogP) is 4.08. The van der Waals surface area contributed by atoms with E-state index in [1.165, 1.54) is 0 Å². The maximum atomic E-state index is 13.9. The van der Waals surface area contributed by atoms with Crippen LogP contribution in [-0.2, 0) is 13.0 Å². The van der Waals surface area contributed by atoms with E-state index >= 15 is 0 Å². The van der Waals surface area contributed by atoms with Gasteiger partial charge in [-0.05, 0) is 69.2 Å². The van der Waals surface area contributed by atoms with Crippen LogP contribution >= 0.6 is 23.2 Å². The Kier molecular flexibility index (Phi) is 6.72. The summed E-state index contributed by atoms with van der Waals surface area (Å²) < 4.78 is 1.63. The van der Waals surface area contributed by atoms with E-state index < -0.39 is 0 Å². The van der Waals surface area contributed by atoms with E-state index in [0.29, 0.717) is 50.5 Å². The highest BCUT2D eigenvalue weighted by molar-refractivity contribution is 6.42. The number of anilines is 1. The summed E-state index contributed by atoms with van der Waals surface area (Å²) >= 11 is 12.2. The predicted molar refractivity (Wildman–Crippen MR) is 144 cm³/mol. The van der Waals surface area contributed by atoms with Gasteiger partial charge < -0.3 is 15.1 Å². The molecule has 2 atom stereocenters. The highest BCUT2D eigenvalue weighted by Crippen LogP contribution is 2.30. The van der Waals surface area contributed by atoms with Gasteiger partial charge in [-0.15, -0.1) is 0 Å². The monoisotopic (exact) mass is 539 g/mol. The molecule has 0 saturated carbocycles. The molecule has 0 radical (unpaired) electrons. The maximum Gasteiger partial charge on any atom is 0.263 e. The lowest BCUT2D eigenvalue weighted by molar-refractivity contribution is 0.0653. The third-order valence-electron chi connectivity index (χ3n) is 7.22. The van der Waals surface area contributed by atoms with Gasteiger partial charge >= 0.3 is 0 Å². The van der Waals surface area contributed by atoms with Crippen molar-refractivity contribution in [3.8, 4) is 5.69 Å². The smallest absolute Gasteiger partial charge is 0.263 e. The van der Waals surface area contributed by atoms with Crippen LogP contribution in [0.3, 0.4) is 0 Å². The van der Waals surface area contributed by atoms with Crippen LogP contribution in [0.5, 0.6) is 0 Å². The Morgan fingerprint density at radius 3 is 2.30 bits per heavy atom. The van der Waals surface area contributed by atoms with Crippen molar-refractivity contribution in [2.75, 3.05) is 18.5 Å². The number of hydrogen-bond acceptors (Lipinski definition) is 5. The molecule has 3 heterocycles. The van der Waals surface area contributed by atoms with Gasteiger partial charge in [-0.2, -0.15) is 0 Å². The summed E-state index contributed by atoms with van der Waals surface area (Å²) in [5, 5.41) is 3.31. The second-order valence-electron chi connectivity index (χ2n) is 9.55. The molecule has 3 aromatic rings. The minimum absolute atomic E-state index is 0.153. The first kappa shape index (κ1) is 25.3. The molecule has 1 saturated heterocycles. The molecule has 0 bridgehead atoms. The zero-order valence-corrected chi connectivity index (χ0v) is 22.3. The van der Waals surface area contributed by atoms with Crippen molar-refractivity contribution < 1.29 is 9.59 Å². The van der Waals surface area contributed by atoms with E-state index in [0.717, 1.165) is 13.0 Å². The fourth-order valence-corrected chi connectivity index (χ4v) is 5.16. The first-order chi connectivity index (χ1) is 17.7. The number of rotatable bonds is 4.